The Kier molecular flexibility index (Phi) is 3.26. The van der Waals surface area contributed by atoms with E-state index in [1.54, 1.807) is 6.07 Å². The summed E-state index contributed by atoms with van der Waals surface area (Å²) in [5.74, 6) is -0.876. The molecule has 0 aliphatic rings. The van der Waals surface area contributed by atoms with E-state index >= 15 is 0 Å². The first-order valence-electron chi connectivity index (χ1n) is 5.85. The summed E-state index contributed by atoms with van der Waals surface area (Å²) in [4.78, 5) is 0. The van der Waals surface area contributed by atoms with Crippen LogP contribution in [0.5, 0.6) is 0 Å². The Labute approximate surface area is 123 Å². The molecule has 5 nitrogen and oxygen atoms in total. The number of tetrazole rings is 1. The maximum Gasteiger partial charge on any atom is 0.187 e. The minimum atomic E-state index is -0.602. The van der Waals surface area contributed by atoms with E-state index in [-0.39, 0.29) is 16.5 Å². The molecule has 2 aromatic carbocycles. The van der Waals surface area contributed by atoms with E-state index in [1.165, 1.54) is 35.0 Å². The van der Waals surface area contributed by atoms with Crippen LogP contribution >= 0.6 is 11.6 Å². The molecule has 0 amide bonds. The average Bonchev–Trinajstić information content (AvgIpc) is 2.90. The third kappa shape index (κ3) is 2.55. The van der Waals surface area contributed by atoms with E-state index in [9.17, 15) is 8.78 Å². The zero-order valence-corrected chi connectivity index (χ0v) is 11.2. The van der Waals surface area contributed by atoms with Gasteiger partial charge in [-0.1, -0.05) is 11.6 Å². The largest absolute Gasteiger partial charge is 0.399 e. The van der Waals surface area contributed by atoms with Crippen molar-refractivity contribution in [1.29, 1.82) is 0 Å². The molecule has 0 saturated heterocycles. The van der Waals surface area contributed by atoms with Gasteiger partial charge < -0.3 is 5.73 Å². The Hall–Kier alpha value is -2.54. The van der Waals surface area contributed by atoms with Crippen molar-refractivity contribution in [2.45, 2.75) is 0 Å². The summed E-state index contributed by atoms with van der Waals surface area (Å²) in [5, 5.41) is 11.1. The van der Waals surface area contributed by atoms with Crippen LogP contribution in [0.3, 0.4) is 0 Å². The van der Waals surface area contributed by atoms with Crippen molar-refractivity contribution in [3.8, 4) is 17.1 Å². The van der Waals surface area contributed by atoms with Gasteiger partial charge in [0.1, 0.15) is 11.6 Å². The predicted octanol–water partition coefficient (Wildman–Crippen LogP) is 2.84. The van der Waals surface area contributed by atoms with Crippen LogP contribution in [0.15, 0.2) is 36.4 Å². The quantitative estimate of drug-likeness (QED) is 0.739. The first-order chi connectivity index (χ1) is 10.0. The van der Waals surface area contributed by atoms with E-state index in [0.29, 0.717) is 11.3 Å². The molecule has 0 atom stereocenters. The molecule has 1 heterocycles. The normalized spacial score (nSPS) is 10.8. The fraction of sp³-hybridized carbons (Fsp3) is 0. The summed E-state index contributed by atoms with van der Waals surface area (Å²) in [7, 11) is 0. The standard InChI is InChI=1S/C13H8ClF2N5/c14-11-2-1-10(6-12(11)16)21-13(18-19-20-21)7-3-8(15)5-9(17)4-7/h1-6H,17H2. The molecule has 0 aliphatic heterocycles. The van der Waals surface area contributed by atoms with Crippen LogP contribution in [0.2, 0.25) is 5.02 Å². The van der Waals surface area contributed by atoms with Crippen LogP contribution in [0, 0.1) is 11.6 Å². The second kappa shape index (κ2) is 5.10. The minimum Gasteiger partial charge on any atom is -0.399 e. The number of hydrogen-bond acceptors (Lipinski definition) is 4. The molecule has 106 valence electrons. The summed E-state index contributed by atoms with van der Waals surface area (Å²) >= 11 is 5.64. The number of nitrogen functional groups attached to an aromatic ring is 1. The summed E-state index contributed by atoms with van der Waals surface area (Å²) in [6.07, 6.45) is 0. The Balaban J connectivity index is 2.14. The Morgan fingerprint density at radius 3 is 2.62 bits per heavy atom. The smallest absolute Gasteiger partial charge is 0.187 e. The molecular formula is C13H8ClF2N5. The van der Waals surface area contributed by atoms with Gasteiger partial charge in [0.25, 0.3) is 0 Å². The van der Waals surface area contributed by atoms with Gasteiger partial charge in [-0.3, -0.25) is 0 Å². The highest BCUT2D eigenvalue weighted by Gasteiger charge is 2.13. The zero-order valence-electron chi connectivity index (χ0n) is 10.5. The van der Waals surface area contributed by atoms with Gasteiger partial charge in [0.05, 0.1) is 10.7 Å². The van der Waals surface area contributed by atoms with Crippen LogP contribution in [-0.2, 0) is 0 Å². The van der Waals surface area contributed by atoms with E-state index in [0.717, 1.165) is 0 Å². The topological polar surface area (TPSA) is 69.6 Å². The number of nitrogens with zero attached hydrogens (tertiary/aromatic N) is 4. The Bertz CT molecular complexity index is 798. The monoisotopic (exact) mass is 307 g/mol. The van der Waals surface area contributed by atoms with Gasteiger partial charge in [0.2, 0.25) is 0 Å². The summed E-state index contributed by atoms with van der Waals surface area (Å²) in [5.41, 5.74) is 6.58. The molecule has 3 aromatic rings. The molecule has 2 N–H and O–H groups in total. The third-order valence-electron chi connectivity index (χ3n) is 2.80. The molecule has 21 heavy (non-hydrogen) atoms. The van der Waals surface area contributed by atoms with Gasteiger partial charge in [0, 0.05) is 17.3 Å². The van der Waals surface area contributed by atoms with Crippen molar-refractivity contribution < 1.29 is 8.78 Å². The van der Waals surface area contributed by atoms with Crippen molar-refractivity contribution in [3.05, 3.63) is 53.1 Å². The number of anilines is 1. The molecule has 0 fully saturated rings. The molecule has 0 bridgehead atoms. The number of rotatable bonds is 2. The SMILES string of the molecule is Nc1cc(F)cc(-c2nnnn2-c2ccc(Cl)c(F)c2)c1. The molecule has 0 aliphatic carbocycles. The van der Waals surface area contributed by atoms with Crippen molar-refractivity contribution in [2.75, 3.05) is 5.73 Å². The summed E-state index contributed by atoms with van der Waals surface area (Å²) < 4.78 is 28.2. The van der Waals surface area contributed by atoms with Crippen molar-refractivity contribution in [1.82, 2.24) is 20.2 Å². The number of hydrogen-bond donors (Lipinski definition) is 1. The highest BCUT2D eigenvalue weighted by atomic mass is 35.5. The lowest BCUT2D eigenvalue weighted by Crippen LogP contribution is -2.01. The first kappa shape index (κ1) is 13.4. The van der Waals surface area contributed by atoms with Crippen LogP contribution in [0.25, 0.3) is 17.1 Å². The van der Waals surface area contributed by atoms with E-state index in [1.807, 2.05) is 0 Å². The van der Waals surface area contributed by atoms with E-state index in [4.69, 9.17) is 17.3 Å². The van der Waals surface area contributed by atoms with Crippen molar-refractivity contribution >= 4 is 17.3 Å². The average molecular weight is 308 g/mol. The molecule has 1 aromatic heterocycles. The van der Waals surface area contributed by atoms with Gasteiger partial charge in [-0.25, -0.2) is 8.78 Å². The fourth-order valence-electron chi connectivity index (χ4n) is 1.90. The minimum absolute atomic E-state index is 0.0108. The zero-order chi connectivity index (χ0) is 15.0. The number of aromatic nitrogens is 4. The van der Waals surface area contributed by atoms with Crippen LogP contribution in [-0.4, -0.2) is 20.2 Å². The lowest BCUT2D eigenvalue weighted by atomic mass is 10.2. The van der Waals surface area contributed by atoms with Gasteiger partial charge in [-0.15, -0.1) is 5.10 Å². The Morgan fingerprint density at radius 1 is 1.10 bits per heavy atom. The maximum atomic E-state index is 13.5. The second-order valence-corrected chi connectivity index (χ2v) is 4.69. The molecule has 0 saturated carbocycles. The van der Waals surface area contributed by atoms with Crippen molar-refractivity contribution in [2.24, 2.45) is 0 Å². The van der Waals surface area contributed by atoms with Crippen LogP contribution < -0.4 is 5.73 Å². The third-order valence-corrected chi connectivity index (χ3v) is 3.10. The van der Waals surface area contributed by atoms with Gasteiger partial charge >= 0.3 is 0 Å². The predicted molar refractivity (Wildman–Crippen MR) is 73.9 cm³/mol. The van der Waals surface area contributed by atoms with Gasteiger partial charge in [-0.2, -0.15) is 4.68 Å². The molecule has 0 unspecified atom stereocenters. The Morgan fingerprint density at radius 2 is 1.90 bits per heavy atom. The maximum absolute atomic E-state index is 13.5. The molecule has 0 spiro atoms. The van der Waals surface area contributed by atoms with Crippen molar-refractivity contribution in [3.63, 3.8) is 0 Å². The summed E-state index contributed by atoms with van der Waals surface area (Å²) in [6.45, 7) is 0. The number of halogens is 3. The summed E-state index contributed by atoms with van der Waals surface area (Å²) in [6, 6.07) is 8.07. The molecule has 0 radical (unpaired) electrons. The lowest BCUT2D eigenvalue weighted by Gasteiger charge is -2.06. The second-order valence-electron chi connectivity index (χ2n) is 4.29. The highest BCUT2D eigenvalue weighted by Crippen LogP contribution is 2.24. The first-order valence-corrected chi connectivity index (χ1v) is 6.22. The molecule has 3 rings (SSSR count). The van der Waals surface area contributed by atoms with Gasteiger partial charge in [0.15, 0.2) is 5.82 Å². The van der Waals surface area contributed by atoms with E-state index in [2.05, 4.69) is 15.5 Å². The van der Waals surface area contributed by atoms with Crippen LogP contribution in [0.4, 0.5) is 14.5 Å². The lowest BCUT2D eigenvalue weighted by molar-refractivity contribution is 0.624. The van der Waals surface area contributed by atoms with Crippen LogP contribution in [0.1, 0.15) is 0 Å². The number of nitrogens with two attached hydrogens (primary N) is 1. The molecule has 8 heteroatoms. The number of benzene rings is 2. The fourth-order valence-corrected chi connectivity index (χ4v) is 2.02. The van der Waals surface area contributed by atoms with E-state index < -0.39 is 11.6 Å². The van der Waals surface area contributed by atoms with Gasteiger partial charge in [-0.05, 0) is 40.8 Å². The highest BCUT2D eigenvalue weighted by molar-refractivity contribution is 6.30. The molecular weight excluding hydrogens is 300 g/mol.